The van der Waals surface area contributed by atoms with E-state index in [9.17, 15) is 9.18 Å². The van der Waals surface area contributed by atoms with Crippen LogP contribution in [0.2, 0.25) is 5.02 Å². The third-order valence-electron chi connectivity index (χ3n) is 6.03. The van der Waals surface area contributed by atoms with E-state index in [1.807, 2.05) is 0 Å². The molecule has 0 aliphatic carbocycles. The molecule has 0 saturated carbocycles. The quantitative estimate of drug-likeness (QED) is 0.361. The smallest absolute Gasteiger partial charge is 0.255 e. The highest BCUT2D eigenvalue weighted by Crippen LogP contribution is 2.29. The number of methoxy groups -OCH3 is 2. The highest BCUT2D eigenvalue weighted by atomic mass is 35.5. The number of nitrogen functional groups attached to an aromatic ring is 1. The maximum absolute atomic E-state index is 12.9. The minimum atomic E-state index is -0.264. The summed E-state index contributed by atoms with van der Waals surface area (Å²) in [6.07, 6.45) is 3.68. The lowest BCUT2D eigenvalue weighted by Crippen LogP contribution is -2.54. The van der Waals surface area contributed by atoms with Gasteiger partial charge in [-0.15, -0.1) is 0 Å². The van der Waals surface area contributed by atoms with Crippen molar-refractivity contribution >= 4 is 23.2 Å². The van der Waals surface area contributed by atoms with E-state index >= 15 is 0 Å². The second-order valence-corrected chi connectivity index (χ2v) is 8.79. The Balaban J connectivity index is 1.41. The van der Waals surface area contributed by atoms with Crippen LogP contribution in [0.4, 0.5) is 10.1 Å². The molecular weight excluding hydrogens is 461 g/mol. The Bertz CT molecular complexity index is 945. The molecule has 0 radical (unpaired) electrons. The summed E-state index contributed by atoms with van der Waals surface area (Å²) >= 11 is 6.11. The number of benzene rings is 2. The molecular formula is C25H33ClFN3O4. The highest BCUT2D eigenvalue weighted by molar-refractivity contribution is 6.33. The summed E-state index contributed by atoms with van der Waals surface area (Å²) in [6.45, 7) is 3.18. The largest absolute Gasteiger partial charge is 0.496 e. The predicted molar refractivity (Wildman–Crippen MR) is 131 cm³/mol. The number of carbonyl (C=O) groups is 1. The molecule has 0 unspecified atom stereocenters. The molecule has 2 aromatic rings. The van der Waals surface area contributed by atoms with Gasteiger partial charge >= 0.3 is 0 Å². The Labute approximate surface area is 205 Å². The molecule has 9 heteroatoms. The minimum absolute atomic E-state index is 0.112. The molecule has 1 aliphatic rings. The van der Waals surface area contributed by atoms with Gasteiger partial charge in [-0.1, -0.05) is 11.6 Å². The van der Waals surface area contributed by atoms with Crippen LogP contribution in [0, 0.1) is 5.82 Å². The SMILES string of the molecule is COc1cc(N)c(Cl)cc1C(=O)N[C@@H]1CCN(CCCCCOc2ccc(F)cc2)C[C@@H]1OC. The minimum Gasteiger partial charge on any atom is -0.496 e. The lowest BCUT2D eigenvalue weighted by Gasteiger charge is -2.38. The predicted octanol–water partition coefficient (Wildman–Crippen LogP) is 4.14. The Kier molecular flexibility index (Phi) is 9.80. The maximum atomic E-state index is 12.9. The monoisotopic (exact) mass is 493 g/mol. The van der Waals surface area contributed by atoms with Gasteiger partial charge < -0.3 is 30.2 Å². The Morgan fingerprint density at radius 2 is 1.97 bits per heavy atom. The second kappa shape index (κ2) is 12.8. The normalized spacial score (nSPS) is 18.5. The number of nitrogens with one attached hydrogen (secondary N) is 1. The van der Waals surface area contributed by atoms with Crippen molar-refractivity contribution in [1.82, 2.24) is 10.2 Å². The number of unbranched alkanes of at least 4 members (excludes halogenated alkanes) is 2. The molecule has 1 heterocycles. The molecule has 1 amide bonds. The van der Waals surface area contributed by atoms with Crippen molar-refractivity contribution in [3.05, 3.63) is 52.8 Å². The second-order valence-electron chi connectivity index (χ2n) is 8.38. The van der Waals surface area contributed by atoms with Crippen LogP contribution >= 0.6 is 11.6 Å². The first-order valence-corrected chi connectivity index (χ1v) is 11.9. The van der Waals surface area contributed by atoms with E-state index in [2.05, 4.69) is 10.2 Å². The van der Waals surface area contributed by atoms with Crippen LogP contribution in [0.15, 0.2) is 36.4 Å². The lowest BCUT2D eigenvalue weighted by molar-refractivity contribution is 0.00592. The third kappa shape index (κ3) is 7.22. The fourth-order valence-electron chi connectivity index (χ4n) is 4.08. The van der Waals surface area contributed by atoms with Crippen LogP contribution in [-0.4, -0.2) is 63.4 Å². The summed E-state index contributed by atoms with van der Waals surface area (Å²) in [5.41, 5.74) is 6.53. The van der Waals surface area contributed by atoms with Gasteiger partial charge in [0.1, 0.15) is 17.3 Å². The van der Waals surface area contributed by atoms with E-state index in [4.69, 9.17) is 31.5 Å². The average molecular weight is 494 g/mol. The van der Waals surface area contributed by atoms with Gasteiger partial charge in [-0.2, -0.15) is 0 Å². The number of rotatable bonds is 11. The molecule has 0 aromatic heterocycles. The van der Waals surface area contributed by atoms with Crippen molar-refractivity contribution in [3.8, 4) is 11.5 Å². The lowest BCUT2D eigenvalue weighted by atomic mass is 10.0. The van der Waals surface area contributed by atoms with Gasteiger partial charge in [0.15, 0.2) is 0 Å². The summed E-state index contributed by atoms with van der Waals surface area (Å²) in [6, 6.07) is 9.05. The molecule has 186 valence electrons. The fraction of sp³-hybridized carbons (Fsp3) is 0.480. The molecule has 2 atom stereocenters. The number of hydrogen-bond acceptors (Lipinski definition) is 6. The summed E-state index contributed by atoms with van der Waals surface area (Å²) < 4.78 is 29.6. The first-order chi connectivity index (χ1) is 16.4. The molecule has 1 aliphatic heterocycles. The van der Waals surface area contributed by atoms with Gasteiger partial charge in [0.05, 0.1) is 42.1 Å². The molecule has 1 fully saturated rings. The number of carbonyl (C=O) groups excluding carboxylic acids is 1. The van der Waals surface area contributed by atoms with Crippen molar-refractivity contribution < 1.29 is 23.4 Å². The first kappa shape index (κ1) is 26.1. The molecule has 3 N–H and O–H groups in total. The standard InChI is InChI=1S/C25H33ClFN3O4/c1-32-23-15-21(28)20(26)14-19(23)25(31)29-22-10-12-30(16-24(22)33-2)11-4-3-5-13-34-18-8-6-17(27)7-9-18/h6-9,14-15,22,24H,3-5,10-13,16,28H2,1-2H3,(H,29,31)/t22-,24+/m1/s1. The Morgan fingerprint density at radius 3 is 2.68 bits per heavy atom. The van der Waals surface area contributed by atoms with Crippen molar-refractivity contribution in [2.75, 3.05) is 46.2 Å². The van der Waals surface area contributed by atoms with Crippen LogP contribution in [0.25, 0.3) is 0 Å². The van der Waals surface area contributed by atoms with E-state index in [0.717, 1.165) is 45.3 Å². The maximum Gasteiger partial charge on any atom is 0.255 e. The fourth-order valence-corrected chi connectivity index (χ4v) is 4.25. The third-order valence-corrected chi connectivity index (χ3v) is 6.35. The van der Waals surface area contributed by atoms with Gasteiger partial charge in [0.2, 0.25) is 0 Å². The molecule has 1 saturated heterocycles. The van der Waals surface area contributed by atoms with Crippen molar-refractivity contribution in [2.45, 2.75) is 37.8 Å². The number of anilines is 1. The highest BCUT2D eigenvalue weighted by Gasteiger charge is 2.31. The van der Waals surface area contributed by atoms with Gasteiger partial charge in [0, 0.05) is 26.3 Å². The van der Waals surface area contributed by atoms with Crippen LogP contribution in [-0.2, 0) is 4.74 Å². The van der Waals surface area contributed by atoms with Crippen LogP contribution in [0.3, 0.4) is 0 Å². The van der Waals surface area contributed by atoms with Crippen LogP contribution in [0.1, 0.15) is 36.0 Å². The molecule has 7 nitrogen and oxygen atoms in total. The van der Waals surface area contributed by atoms with E-state index < -0.39 is 0 Å². The van der Waals surface area contributed by atoms with E-state index in [-0.39, 0.29) is 23.9 Å². The molecule has 0 spiro atoms. The summed E-state index contributed by atoms with van der Waals surface area (Å²) in [5.74, 6) is 0.543. The zero-order valence-electron chi connectivity index (χ0n) is 19.7. The van der Waals surface area contributed by atoms with E-state index in [0.29, 0.717) is 34.4 Å². The Morgan fingerprint density at radius 1 is 1.21 bits per heavy atom. The van der Waals surface area contributed by atoms with E-state index in [1.165, 1.54) is 25.3 Å². The van der Waals surface area contributed by atoms with Crippen molar-refractivity contribution in [1.29, 1.82) is 0 Å². The molecule has 0 bridgehead atoms. The zero-order chi connectivity index (χ0) is 24.5. The number of likely N-dealkylation sites (tertiary alicyclic amines) is 1. The Hall–Kier alpha value is -2.55. The van der Waals surface area contributed by atoms with E-state index in [1.54, 1.807) is 25.3 Å². The van der Waals surface area contributed by atoms with Crippen LogP contribution in [0.5, 0.6) is 11.5 Å². The summed E-state index contributed by atoms with van der Waals surface area (Å²) in [4.78, 5) is 15.3. The number of amides is 1. The molecule has 2 aromatic carbocycles. The number of piperidine rings is 1. The zero-order valence-corrected chi connectivity index (χ0v) is 20.4. The molecule has 34 heavy (non-hydrogen) atoms. The number of hydrogen-bond donors (Lipinski definition) is 2. The molecule has 3 rings (SSSR count). The summed E-state index contributed by atoms with van der Waals surface area (Å²) in [7, 11) is 3.16. The summed E-state index contributed by atoms with van der Waals surface area (Å²) in [5, 5.41) is 3.38. The number of ether oxygens (including phenoxy) is 3. The first-order valence-electron chi connectivity index (χ1n) is 11.5. The van der Waals surface area contributed by atoms with Gasteiger partial charge in [-0.05, 0) is 62.6 Å². The van der Waals surface area contributed by atoms with Gasteiger partial charge in [0.25, 0.3) is 5.91 Å². The average Bonchev–Trinajstić information content (AvgIpc) is 2.84. The number of halogens is 2. The van der Waals surface area contributed by atoms with Crippen LogP contribution < -0.4 is 20.5 Å². The number of nitrogens with two attached hydrogens (primary N) is 1. The van der Waals surface area contributed by atoms with Crippen molar-refractivity contribution in [2.24, 2.45) is 0 Å². The van der Waals surface area contributed by atoms with Crippen molar-refractivity contribution in [3.63, 3.8) is 0 Å². The topological polar surface area (TPSA) is 86.0 Å². The number of nitrogens with zero attached hydrogens (tertiary/aromatic N) is 1. The van der Waals surface area contributed by atoms with Gasteiger partial charge in [-0.3, -0.25) is 4.79 Å². The van der Waals surface area contributed by atoms with Gasteiger partial charge in [-0.25, -0.2) is 4.39 Å².